The number of nitriles is 1. The maximum atomic E-state index is 13.2. The fourth-order valence-electron chi connectivity index (χ4n) is 7.84. The maximum Gasteiger partial charge on any atom is 0.482 e. The van der Waals surface area contributed by atoms with E-state index in [1.807, 2.05) is 54.6 Å². The summed E-state index contributed by atoms with van der Waals surface area (Å²) in [5.74, 6) is -0.0333. The topological polar surface area (TPSA) is 96.3 Å². The largest absolute Gasteiger partial charge is 0.482 e. The molecule has 7 rings (SSSR count). The molecule has 3 aromatic rings. The third-order valence-corrected chi connectivity index (χ3v) is 10.7. The van der Waals surface area contributed by atoms with Crippen molar-refractivity contribution in [1.82, 2.24) is 15.6 Å². The van der Waals surface area contributed by atoms with E-state index in [1.54, 1.807) is 0 Å². The Morgan fingerprint density at radius 1 is 1.04 bits per heavy atom. The number of nitrogens with one attached hydrogen (secondary N) is 2. The Hall–Kier alpha value is -3.88. The van der Waals surface area contributed by atoms with E-state index < -0.39 is 24.8 Å². The number of hydrogen-bond donors (Lipinski definition) is 2. The number of alkyl halides is 3. The summed E-state index contributed by atoms with van der Waals surface area (Å²) in [6, 6.07) is 21.7. The van der Waals surface area contributed by atoms with Crippen LogP contribution < -0.4 is 10.6 Å². The first-order valence-corrected chi connectivity index (χ1v) is 16.3. The van der Waals surface area contributed by atoms with Crippen molar-refractivity contribution in [3.8, 4) is 6.07 Å². The summed E-state index contributed by atoms with van der Waals surface area (Å²) in [5, 5.41) is 15.8. The zero-order chi connectivity index (χ0) is 33.4. The van der Waals surface area contributed by atoms with Crippen LogP contribution in [0.4, 0.5) is 18.0 Å². The van der Waals surface area contributed by atoms with Gasteiger partial charge in [0.05, 0.1) is 40.9 Å². The van der Waals surface area contributed by atoms with Crippen LogP contribution in [0.1, 0.15) is 67.5 Å². The second-order valence-electron chi connectivity index (χ2n) is 14.0. The maximum absolute atomic E-state index is 13.2. The number of rotatable bonds is 10. The van der Waals surface area contributed by atoms with Gasteiger partial charge in [-0.15, -0.1) is 0 Å². The van der Waals surface area contributed by atoms with Crippen LogP contribution in [-0.2, 0) is 34.7 Å². The van der Waals surface area contributed by atoms with E-state index >= 15 is 0 Å². The summed E-state index contributed by atoms with van der Waals surface area (Å²) in [5.41, 5.74) is 2.17. The standard InChI is InChI=1S/C36H40BF3N4O3/c1-34(2)28-19-30(34)35(3)31(20-28)46-37(47-35)32(18-23-8-5-4-6-9-23)44-33(45)42-15-14-24-10-7-11-25(16-24)17-26(21-41)29-13-12-27(22-43-29)36(38,39)40/h4-13,16,22,26,28,30-32H,14-15,17-20H2,1-3H3,(H2,42,44,45)/t26?,28-,30-,31+,32-,35-/m0/s1. The Balaban J connectivity index is 1.05. The third kappa shape index (κ3) is 6.90. The minimum atomic E-state index is -4.48. The predicted octanol–water partition coefficient (Wildman–Crippen LogP) is 6.67. The fourth-order valence-corrected chi connectivity index (χ4v) is 7.84. The molecule has 0 radical (unpaired) electrons. The molecule has 47 heavy (non-hydrogen) atoms. The highest BCUT2D eigenvalue weighted by atomic mass is 19.4. The summed E-state index contributed by atoms with van der Waals surface area (Å²) in [7, 11) is -0.560. The molecule has 2 N–H and O–H groups in total. The van der Waals surface area contributed by atoms with Crippen molar-refractivity contribution in [1.29, 1.82) is 5.26 Å². The average molecular weight is 645 g/mol. The van der Waals surface area contributed by atoms with Gasteiger partial charge >= 0.3 is 19.3 Å². The quantitative estimate of drug-likeness (QED) is 0.241. The van der Waals surface area contributed by atoms with Crippen molar-refractivity contribution in [3.63, 3.8) is 0 Å². The van der Waals surface area contributed by atoms with E-state index in [-0.39, 0.29) is 29.1 Å². The van der Waals surface area contributed by atoms with Crippen LogP contribution in [0, 0.1) is 28.6 Å². The number of hydrogen-bond acceptors (Lipinski definition) is 5. The highest BCUT2D eigenvalue weighted by Crippen LogP contribution is 2.65. The normalized spacial score (nSPS) is 25.6. The Morgan fingerprint density at radius 3 is 2.47 bits per heavy atom. The zero-order valence-electron chi connectivity index (χ0n) is 26.9. The second kappa shape index (κ2) is 13.0. The first-order valence-electron chi connectivity index (χ1n) is 16.3. The lowest BCUT2D eigenvalue weighted by Crippen LogP contribution is -2.65. The predicted molar refractivity (Wildman–Crippen MR) is 172 cm³/mol. The molecule has 2 aromatic carbocycles. The second-order valence-corrected chi connectivity index (χ2v) is 14.0. The lowest BCUT2D eigenvalue weighted by atomic mass is 9.43. The Labute approximate surface area is 274 Å². The minimum Gasteiger partial charge on any atom is -0.404 e. The molecule has 3 aliphatic carbocycles. The number of urea groups is 1. The fraction of sp³-hybridized carbons (Fsp3) is 0.472. The number of halogens is 3. The van der Waals surface area contributed by atoms with Crippen molar-refractivity contribution in [2.24, 2.45) is 17.3 Å². The lowest BCUT2D eigenvalue weighted by Gasteiger charge is -2.64. The van der Waals surface area contributed by atoms with Gasteiger partial charge in [0.25, 0.3) is 0 Å². The Kier molecular flexibility index (Phi) is 9.12. The van der Waals surface area contributed by atoms with Gasteiger partial charge in [-0.25, -0.2) is 4.79 Å². The smallest absolute Gasteiger partial charge is 0.404 e. The number of aromatic nitrogens is 1. The Morgan fingerprint density at radius 2 is 1.79 bits per heavy atom. The van der Waals surface area contributed by atoms with Crippen LogP contribution in [0.2, 0.25) is 0 Å². The molecule has 246 valence electrons. The summed E-state index contributed by atoms with van der Waals surface area (Å²) in [4.78, 5) is 17.1. The van der Waals surface area contributed by atoms with Crippen LogP contribution in [0.25, 0.3) is 0 Å². The molecule has 1 aromatic heterocycles. The van der Waals surface area contributed by atoms with Gasteiger partial charge in [0.1, 0.15) is 0 Å². The number of carbonyl (C=O) groups is 1. The molecule has 4 fully saturated rings. The van der Waals surface area contributed by atoms with Gasteiger partial charge in [-0.2, -0.15) is 18.4 Å². The van der Waals surface area contributed by atoms with E-state index in [1.165, 1.54) is 6.07 Å². The molecular formula is C36H40BF3N4O3. The molecule has 4 aliphatic rings. The first kappa shape index (κ1) is 33.0. The highest BCUT2D eigenvalue weighted by molar-refractivity contribution is 6.48. The molecule has 2 heterocycles. The first-order chi connectivity index (χ1) is 22.4. The van der Waals surface area contributed by atoms with Crippen LogP contribution in [-0.4, -0.2) is 42.3 Å². The molecule has 6 atom stereocenters. The number of pyridine rings is 1. The zero-order valence-corrected chi connectivity index (χ0v) is 26.9. The molecule has 2 bridgehead atoms. The molecular weight excluding hydrogens is 604 g/mol. The van der Waals surface area contributed by atoms with Crippen LogP contribution >= 0.6 is 0 Å². The average Bonchev–Trinajstić information content (AvgIpc) is 3.41. The SMILES string of the molecule is CC1(C)[C@@H]2C[C@H]3OB([C@H](Cc4ccccc4)NC(=O)NCCc4cccc(CC(C#N)c5ccc(C(F)(F)F)cn5)c4)O[C@@]3(C)[C@H]1C2. The van der Waals surface area contributed by atoms with Crippen LogP contribution in [0.5, 0.6) is 0 Å². The van der Waals surface area contributed by atoms with Crippen molar-refractivity contribution in [3.05, 3.63) is 101 Å². The third-order valence-electron chi connectivity index (χ3n) is 10.7. The van der Waals surface area contributed by atoms with Gasteiger partial charge in [-0.05, 0) is 85.1 Å². The van der Waals surface area contributed by atoms with E-state index in [0.29, 0.717) is 43.3 Å². The van der Waals surface area contributed by atoms with Gasteiger partial charge in [0.2, 0.25) is 0 Å². The molecule has 1 unspecified atom stereocenters. The number of amides is 2. The summed E-state index contributed by atoms with van der Waals surface area (Å²) < 4.78 is 52.0. The molecule has 0 spiro atoms. The number of nitrogens with zero attached hydrogens (tertiary/aromatic N) is 2. The molecule has 11 heteroatoms. The van der Waals surface area contributed by atoms with Gasteiger partial charge in [0, 0.05) is 12.7 Å². The molecule has 3 saturated carbocycles. The van der Waals surface area contributed by atoms with E-state index in [2.05, 4.69) is 42.5 Å². The van der Waals surface area contributed by atoms with Crippen molar-refractivity contribution < 1.29 is 27.3 Å². The minimum absolute atomic E-state index is 0.00958. The van der Waals surface area contributed by atoms with E-state index in [4.69, 9.17) is 9.31 Å². The van der Waals surface area contributed by atoms with Crippen molar-refractivity contribution in [2.75, 3.05) is 6.54 Å². The molecule has 1 saturated heterocycles. The molecule has 1 aliphatic heterocycles. The summed E-state index contributed by atoms with van der Waals surface area (Å²) in [6.07, 6.45) is -0.174. The van der Waals surface area contributed by atoms with Gasteiger partial charge < -0.3 is 19.9 Å². The van der Waals surface area contributed by atoms with Gasteiger partial charge in [0.15, 0.2) is 0 Å². The van der Waals surface area contributed by atoms with Crippen LogP contribution in [0.15, 0.2) is 72.9 Å². The van der Waals surface area contributed by atoms with E-state index in [9.17, 15) is 23.2 Å². The number of carbonyl (C=O) groups excluding carboxylic acids is 1. The monoisotopic (exact) mass is 644 g/mol. The molecule has 7 nitrogen and oxygen atoms in total. The summed E-state index contributed by atoms with van der Waals surface area (Å²) >= 11 is 0. The van der Waals surface area contributed by atoms with E-state index in [0.717, 1.165) is 41.8 Å². The summed E-state index contributed by atoms with van der Waals surface area (Å²) in [6.45, 7) is 7.20. The van der Waals surface area contributed by atoms with Gasteiger partial charge in [-0.1, -0.05) is 68.4 Å². The molecule has 2 amide bonds. The van der Waals surface area contributed by atoms with Crippen LogP contribution in [0.3, 0.4) is 0 Å². The van der Waals surface area contributed by atoms with Gasteiger partial charge in [-0.3, -0.25) is 4.98 Å². The van der Waals surface area contributed by atoms with Crippen molar-refractivity contribution >= 4 is 13.1 Å². The highest BCUT2D eigenvalue weighted by Gasteiger charge is 2.68. The Bertz CT molecular complexity index is 1610. The number of benzene rings is 2. The van der Waals surface area contributed by atoms with Crippen molar-refractivity contribution in [2.45, 2.75) is 82.6 Å². The lowest BCUT2D eigenvalue weighted by molar-refractivity contribution is -0.199.